The first-order valence-electron chi connectivity index (χ1n) is 10.7. The minimum absolute atomic E-state index is 0.0239. The number of carbonyl (C=O) groups excluding carboxylic acids is 1. The van der Waals surface area contributed by atoms with Gasteiger partial charge in [0, 0.05) is 24.9 Å². The Bertz CT molecular complexity index is 948. The van der Waals surface area contributed by atoms with E-state index in [2.05, 4.69) is 18.2 Å². The highest BCUT2D eigenvalue weighted by molar-refractivity contribution is 5.73. The van der Waals surface area contributed by atoms with Gasteiger partial charge >= 0.3 is 0 Å². The lowest BCUT2D eigenvalue weighted by atomic mass is 9.87. The number of furan rings is 1. The van der Waals surface area contributed by atoms with Crippen molar-refractivity contribution in [3.05, 3.63) is 83.8 Å². The molecule has 2 aromatic carbocycles. The first kappa shape index (κ1) is 22.5. The number of benzene rings is 2. The molecule has 5 nitrogen and oxygen atoms in total. The number of carbonyl (C=O) groups is 1. The Hall–Kier alpha value is -3.21. The van der Waals surface area contributed by atoms with E-state index in [0.717, 1.165) is 34.8 Å². The van der Waals surface area contributed by atoms with Crippen molar-refractivity contribution in [3.8, 4) is 11.5 Å². The summed E-state index contributed by atoms with van der Waals surface area (Å²) in [4.78, 5) is 14.1. The quantitative estimate of drug-likeness (QED) is 0.425. The fourth-order valence-corrected chi connectivity index (χ4v) is 3.73. The van der Waals surface area contributed by atoms with Gasteiger partial charge in [0.2, 0.25) is 5.91 Å². The van der Waals surface area contributed by atoms with Crippen LogP contribution in [0.15, 0.2) is 71.3 Å². The van der Waals surface area contributed by atoms with E-state index >= 15 is 0 Å². The zero-order valence-electron chi connectivity index (χ0n) is 18.7. The predicted octanol–water partition coefficient (Wildman–Crippen LogP) is 5.65. The third kappa shape index (κ3) is 6.14. The summed E-state index contributed by atoms with van der Waals surface area (Å²) in [5, 5.41) is 0. The maximum absolute atomic E-state index is 12.3. The molecule has 0 aliphatic rings. The van der Waals surface area contributed by atoms with Crippen LogP contribution in [0.4, 0.5) is 0 Å². The average molecular weight is 422 g/mol. The Morgan fingerprint density at radius 2 is 1.77 bits per heavy atom. The van der Waals surface area contributed by atoms with Gasteiger partial charge in [-0.2, -0.15) is 0 Å². The van der Waals surface area contributed by atoms with E-state index in [1.54, 1.807) is 20.3 Å². The zero-order chi connectivity index (χ0) is 22.2. The minimum atomic E-state index is 0.0239. The van der Waals surface area contributed by atoms with E-state index in [9.17, 15) is 4.79 Å². The van der Waals surface area contributed by atoms with Crippen LogP contribution in [-0.2, 0) is 11.3 Å². The summed E-state index contributed by atoms with van der Waals surface area (Å²) in [6.45, 7) is 6.69. The van der Waals surface area contributed by atoms with Crippen LogP contribution in [-0.4, -0.2) is 30.6 Å². The summed E-state index contributed by atoms with van der Waals surface area (Å²) in [6, 6.07) is 20.0. The van der Waals surface area contributed by atoms with Crippen molar-refractivity contribution in [2.24, 2.45) is 0 Å². The molecule has 0 saturated carbocycles. The second-order valence-corrected chi connectivity index (χ2v) is 7.84. The topological polar surface area (TPSA) is 51.9 Å². The standard InChI is InChI=1S/C26H31NO4/c1-19(2)31-22-13-11-21(12-14-22)24(25-9-5-6-10-26(25)29-4)15-16-27(20(3)28)18-23-8-7-17-30-23/h5-14,17,19,24H,15-16,18H2,1-4H3/t24-/m0/s1. The number of rotatable bonds is 10. The highest BCUT2D eigenvalue weighted by Crippen LogP contribution is 2.35. The molecule has 1 amide bonds. The number of hydrogen-bond acceptors (Lipinski definition) is 4. The summed E-state index contributed by atoms with van der Waals surface area (Å²) >= 11 is 0. The van der Waals surface area contributed by atoms with Crippen molar-refractivity contribution in [3.63, 3.8) is 0 Å². The third-order valence-corrected chi connectivity index (χ3v) is 5.23. The highest BCUT2D eigenvalue weighted by atomic mass is 16.5. The lowest BCUT2D eigenvalue weighted by Gasteiger charge is -2.25. The van der Waals surface area contributed by atoms with Gasteiger partial charge in [0.05, 0.1) is 26.0 Å². The molecule has 0 fully saturated rings. The Morgan fingerprint density at radius 1 is 1.03 bits per heavy atom. The molecule has 1 atom stereocenters. The fraction of sp³-hybridized carbons (Fsp3) is 0.346. The first-order chi connectivity index (χ1) is 15.0. The van der Waals surface area contributed by atoms with E-state index in [-0.39, 0.29) is 17.9 Å². The van der Waals surface area contributed by atoms with Crippen LogP contribution in [0.25, 0.3) is 0 Å². The minimum Gasteiger partial charge on any atom is -0.496 e. The van der Waals surface area contributed by atoms with E-state index < -0.39 is 0 Å². The fourth-order valence-electron chi connectivity index (χ4n) is 3.73. The molecule has 31 heavy (non-hydrogen) atoms. The van der Waals surface area contributed by atoms with Crippen LogP contribution in [0.2, 0.25) is 0 Å². The van der Waals surface area contributed by atoms with Gasteiger partial charge in [-0.05, 0) is 56.2 Å². The van der Waals surface area contributed by atoms with Gasteiger partial charge in [0.1, 0.15) is 17.3 Å². The summed E-state index contributed by atoms with van der Waals surface area (Å²) in [5.41, 5.74) is 2.26. The Labute approximate surface area is 184 Å². The Balaban J connectivity index is 1.86. The van der Waals surface area contributed by atoms with Crippen LogP contribution >= 0.6 is 0 Å². The molecule has 1 aromatic heterocycles. The largest absolute Gasteiger partial charge is 0.496 e. The lowest BCUT2D eigenvalue weighted by molar-refractivity contribution is -0.129. The monoisotopic (exact) mass is 421 g/mol. The molecule has 3 aromatic rings. The highest BCUT2D eigenvalue weighted by Gasteiger charge is 2.21. The normalized spacial score (nSPS) is 11.9. The van der Waals surface area contributed by atoms with Gasteiger partial charge in [0.15, 0.2) is 0 Å². The number of nitrogens with zero attached hydrogens (tertiary/aromatic N) is 1. The summed E-state index contributed by atoms with van der Waals surface area (Å²) in [6.07, 6.45) is 2.51. The molecule has 1 heterocycles. The van der Waals surface area contributed by atoms with Gasteiger partial charge < -0.3 is 18.8 Å². The molecule has 0 aliphatic carbocycles. The number of amides is 1. The molecule has 5 heteroatoms. The molecule has 3 rings (SSSR count). The predicted molar refractivity (Wildman–Crippen MR) is 121 cm³/mol. The van der Waals surface area contributed by atoms with Crippen molar-refractivity contribution in [1.82, 2.24) is 4.90 Å². The lowest BCUT2D eigenvalue weighted by Crippen LogP contribution is -2.30. The van der Waals surface area contributed by atoms with E-state index in [0.29, 0.717) is 13.1 Å². The van der Waals surface area contributed by atoms with Crippen molar-refractivity contribution in [2.75, 3.05) is 13.7 Å². The van der Waals surface area contributed by atoms with Crippen molar-refractivity contribution in [1.29, 1.82) is 0 Å². The number of para-hydroxylation sites is 1. The molecule has 0 N–H and O–H groups in total. The van der Waals surface area contributed by atoms with Crippen LogP contribution in [0.5, 0.6) is 11.5 Å². The van der Waals surface area contributed by atoms with Crippen LogP contribution in [0.1, 0.15) is 50.0 Å². The molecular weight excluding hydrogens is 390 g/mol. The van der Waals surface area contributed by atoms with Crippen molar-refractivity contribution >= 4 is 5.91 Å². The smallest absolute Gasteiger partial charge is 0.219 e. The van der Waals surface area contributed by atoms with Gasteiger partial charge in [-0.3, -0.25) is 4.79 Å². The molecule has 0 spiro atoms. The first-order valence-corrected chi connectivity index (χ1v) is 10.7. The van der Waals surface area contributed by atoms with Crippen LogP contribution < -0.4 is 9.47 Å². The number of ether oxygens (including phenoxy) is 2. The van der Waals surface area contributed by atoms with E-state index in [1.165, 1.54) is 0 Å². The molecule has 0 unspecified atom stereocenters. The Kier molecular flexibility index (Phi) is 7.76. The third-order valence-electron chi connectivity index (χ3n) is 5.23. The van der Waals surface area contributed by atoms with Gasteiger partial charge in [0.25, 0.3) is 0 Å². The zero-order valence-corrected chi connectivity index (χ0v) is 18.7. The van der Waals surface area contributed by atoms with Crippen LogP contribution in [0.3, 0.4) is 0 Å². The molecular formula is C26H31NO4. The Morgan fingerprint density at radius 3 is 2.39 bits per heavy atom. The molecule has 164 valence electrons. The average Bonchev–Trinajstić information content (AvgIpc) is 3.27. The summed E-state index contributed by atoms with van der Waals surface area (Å²) < 4.78 is 16.9. The number of hydrogen-bond donors (Lipinski definition) is 0. The van der Waals surface area contributed by atoms with E-state index in [1.807, 2.05) is 61.2 Å². The van der Waals surface area contributed by atoms with Gasteiger partial charge in [-0.1, -0.05) is 30.3 Å². The maximum Gasteiger partial charge on any atom is 0.219 e. The molecule has 0 saturated heterocycles. The van der Waals surface area contributed by atoms with E-state index in [4.69, 9.17) is 13.9 Å². The van der Waals surface area contributed by atoms with Gasteiger partial charge in [-0.15, -0.1) is 0 Å². The summed E-state index contributed by atoms with van der Waals surface area (Å²) in [7, 11) is 1.69. The van der Waals surface area contributed by atoms with Crippen LogP contribution in [0, 0.1) is 0 Å². The van der Waals surface area contributed by atoms with Crippen molar-refractivity contribution < 1.29 is 18.7 Å². The number of methoxy groups -OCH3 is 1. The van der Waals surface area contributed by atoms with Crippen molar-refractivity contribution in [2.45, 2.75) is 45.8 Å². The molecule has 0 radical (unpaired) electrons. The second kappa shape index (κ2) is 10.7. The van der Waals surface area contributed by atoms with Gasteiger partial charge in [-0.25, -0.2) is 0 Å². The molecule has 0 aliphatic heterocycles. The summed E-state index contributed by atoms with van der Waals surface area (Å²) in [5.74, 6) is 2.56. The molecule has 0 bridgehead atoms. The SMILES string of the molecule is COc1ccccc1[C@@H](CCN(Cc1ccco1)C(C)=O)c1ccc(OC(C)C)cc1. The second-order valence-electron chi connectivity index (χ2n) is 7.84. The maximum atomic E-state index is 12.3.